The Balaban J connectivity index is 1.79. The number of nitrogens with zero attached hydrogens (tertiary/aromatic N) is 1. The Morgan fingerprint density at radius 1 is 1.28 bits per heavy atom. The molecule has 1 aromatic carbocycles. The molecular formula is C16H23NO. The fourth-order valence-electron chi connectivity index (χ4n) is 2.85. The van der Waals surface area contributed by atoms with Gasteiger partial charge in [0, 0.05) is 0 Å². The summed E-state index contributed by atoms with van der Waals surface area (Å²) < 4.78 is 0. The maximum Gasteiger partial charge on any atom is 0.146 e. The first-order chi connectivity index (χ1) is 8.77. The van der Waals surface area contributed by atoms with Crippen molar-refractivity contribution in [2.75, 3.05) is 13.1 Å². The van der Waals surface area contributed by atoms with Crippen LogP contribution in [0.3, 0.4) is 0 Å². The number of aryl methyl sites for hydroxylation is 1. The first-order valence-electron chi connectivity index (χ1n) is 7.06. The highest BCUT2D eigenvalue weighted by atomic mass is 16.1. The number of hydrogen-bond donors (Lipinski definition) is 0. The summed E-state index contributed by atoms with van der Waals surface area (Å²) in [4.78, 5) is 14.0. The Morgan fingerprint density at radius 3 is 2.78 bits per heavy atom. The Labute approximate surface area is 110 Å². The third-order valence-corrected chi connectivity index (χ3v) is 3.84. The lowest BCUT2D eigenvalue weighted by Crippen LogP contribution is -2.44. The van der Waals surface area contributed by atoms with Crippen molar-refractivity contribution in [3.63, 3.8) is 0 Å². The molecule has 98 valence electrons. The lowest BCUT2D eigenvalue weighted by molar-refractivity contribution is -0.123. The number of likely N-dealkylation sites (tertiary alicyclic amines) is 1. The number of rotatable bonds is 5. The van der Waals surface area contributed by atoms with Gasteiger partial charge < -0.3 is 0 Å². The smallest absolute Gasteiger partial charge is 0.146 e. The quantitative estimate of drug-likeness (QED) is 0.794. The van der Waals surface area contributed by atoms with Crippen LogP contribution in [0.25, 0.3) is 0 Å². The molecule has 2 heteroatoms. The van der Waals surface area contributed by atoms with E-state index in [1.807, 2.05) is 0 Å². The van der Waals surface area contributed by atoms with Gasteiger partial charge in [0.2, 0.25) is 0 Å². The molecule has 1 heterocycles. The van der Waals surface area contributed by atoms with Crippen LogP contribution in [0.15, 0.2) is 30.3 Å². The monoisotopic (exact) mass is 245 g/mol. The summed E-state index contributed by atoms with van der Waals surface area (Å²) >= 11 is 0. The molecule has 2 nitrogen and oxygen atoms in total. The molecule has 0 spiro atoms. The van der Waals surface area contributed by atoms with Gasteiger partial charge in [-0.2, -0.15) is 0 Å². The van der Waals surface area contributed by atoms with Crippen LogP contribution in [0.2, 0.25) is 0 Å². The fraction of sp³-hybridized carbons (Fsp3) is 0.562. The molecule has 1 aliphatic heterocycles. The normalized spacial score (nSPS) is 20.8. The lowest BCUT2D eigenvalue weighted by Gasteiger charge is -2.34. The van der Waals surface area contributed by atoms with Crippen LogP contribution in [-0.2, 0) is 11.2 Å². The highest BCUT2D eigenvalue weighted by molar-refractivity contribution is 5.81. The van der Waals surface area contributed by atoms with Gasteiger partial charge in [0.25, 0.3) is 0 Å². The van der Waals surface area contributed by atoms with Crippen molar-refractivity contribution in [3.8, 4) is 0 Å². The average Bonchev–Trinajstić information content (AvgIpc) is 2.40. The molecule has 1 aromatic rings. The van der Waals surface area contributed by atoms with Crippen LogP contribution in [0.4, 0.5) is 0 Å². The van der Waals surface area contributed by atoms with Gasteiger partial charge in [0.05, 0.1) is 6.04 Å². The fourth-order valence-corrected chi connectivity index (χ4v) is 2.85. The molecule has 1 fully saturated rings. The van der Waals surface area contributed by atoms with Gasteiger partial charge in [0.1, 0.15) is 5.78 Å². The minimum Gasteiger partial charge on any atom is -0.298 e. The number of carbonyl (C=O) groups is 1. The van der Waals surface area contributed by atoms with Crippen LogP contribution in [0, 0.1) is 0 Å². The molecule has 0 bridgehead atoms. The van der Waals surface area contributed by atoms with Crippen molar-refractivity contribution in [1.82, 2.24) is 4.90 Å². The van der Waals surface area contributed by atoms with Gasteiger partial charge in [-0.15, -0.1) is 0 Å². The summed E-state index contributed by atoms with van der Waals surface area (Å²) in [6, 6.07) is 10.8. The molecule has 0 aromatic heterocycles. The Kier molecular flexibility index (Phi) is 4.94. The van der Waals surface area contributed by atoms with E-state index < -0.39 is 0 Å². The van der Waals surface area contributed by atoms with Gasteiger partial charge in [-0.05, 0) is 51.3 Å². The molecule has 0 amide bonds. The molecule has 2 rings (SSSR count). The molecule has 0 N–H and O–H groups in total. The van der Waals surface area contributed by atoms with Gasteiger partial charge >= 0.3 is 0 Å². The van der Waals surface area contributed by atoms with E-state index in [4.69, 9.17) is 0 Å². The Hall–Kier alpha value is -1.15. The minimum absolute atomic E-state index is 0.189. The predicted molar refractivity (Wildman–Crippen MR) is 74.7 cm³/mol. The van der Waals surface area contributed by atoms with Crippen LogP contribution >= 0.6 is 0 Å². The molecular weight excluding hydrogens is 222 g/mol. The third-order valence-electron chi connectivity index (χ3n) is 3.84. The van der Waals surface area contributed by atoms with E-state index in [1.54, 1.807) is 6.92 Å². The molecule has 1 unspecified atom stereocenters. The predicted octanol–water partition coefficient (Wildman–Crippen LogP) is 3.06. The summed E-state index contributed by atoms with van der Waals surface area (Å²) in [6.45, 7) is 3.89. The third kappa shape index (κ3) is 3.67. The topological polar surface area (TPSA) is 20.3 Å². The molecule has 0 radical (unpaired) electrons. The first kappa shape index (κ1) is 13.3. The van der Waals surface area contributed by atoms with Gasteiger partial charge in [-0.3, -0.25) is 9.69 Å². The summed E-state index contributed by atoms with van der Waals surface area (Å²) in [5.74, 6) is 0.342. The van der Waals surface area contributed by atoms with Crippen LogP contribution in [-0.4, -0.2) is 29.8 Å². The van der Waals surface area contributed by atoms with Crippen LogP contribution in [0.1, 0.15) is 38.2 Å². The molecule has 1 atom stereocenters. The molecule has 1 aliphatic rings. The van der Waals surface area contributed by atoms with Gasteiger partial charge in [-0.1, -0.05) is 36.8 Å². The second-order valence-corrected chi connectivity index (χ2v) is 5.25. The zero-order valence-electron chi connectivity index (χ0n) is 11.3. The number of Topliss-reactive ketones (excluding diaryl/α,β-unsaturated/α-hetero) is 1. The standard InChI is InChI=1S/C16H23NO/c1-14(18)16-11-5-6-12-17(16)13-7-10-15-8-3-2-4-9-15/h2-4,8-9,16H,5-7,10-13H2,1H3. The van der Waals surface area contributed by atoms with Crippen molar-refractivity contribution >= 4 is 5.78 Å². The Bertz CT molecular complexity index is 374. The Morgan fingerprint density at radius 2 is 2.06 bits per heavy atom. The molecule has 18 heavy (non-hydrogen) atoms. The van der Waals surface area contributed by atoms with E-state index in [9.17, 15) is 4.79 Å². The molecule has 0 aliphatic carbocycles. The first-order valence-corrected chi connectivity index (χ1v) is 7.06. The second-order valence-electron chi connectivity index (χ2n) is 5.25. The molecule has 0 saturated carbocycles. The van der Waals surface area contributed by atoms with Crippen LogP contribution in [0.5, 0.6) is 0 Å². The molecule has 1 saturated heterocycles. The number of benzene rings is 1. The van der Waals surface area contributed by atoms with Crippen molar-refractivity contribution < 1.29 is 4.79 Å². The van der Waals surface area contributed by atoms with E-state index in [0.29, 0.717) is 5.78 Å². The SMILES string of the molecule is CC(=O)C1CCCCN1CCCc1ccccc1. The highest BCUT2D eigenvalue weighted by Crippen LogP contribution is 2.18. The zero-order chi connectivity index (χ0) is 12.8. The average molecular weight is 245 g/mol. The zero-order valence-corrected chi connectivity index (χ0v) is 11.3. The summed E-state index contributed by atoms with van der Waals surface area (Å²) in [5, 5.41) is 0. The van der Waals surface area contributed by atoms with Crippen LogP contribution < -0.4 is 0 Å². The minimum atomic E-state index is 0.189. The van der Waals surface area contributed by atoms with E-state index in [1.165, 1.54) is 18.4 Å². The van der Waals surface area contributed by atoms with Gasteiger partial charge in [0.15, 0.2) is 0 Å². The van der Waals surface area contributed by atoms with Crippen molar-refractivity contribution in [2.45, 2.75) is 45.1 Å². The van der Waals surface area contributed by atoms with E-state index in [2.05, 4.69) is 35.2 Å². The van der Waals surface area contributed by atoms with Crippen molar-refractivity contribution in [3.05, 3.63) is 35.9 Å². The van der Waals surface area contributed by atoms with Crippen molar-refractivity contribution in [1.29, 1.82) is 0 Å². The van der Waals surface area contributed by atoms with E-state index >= 15 is 0 Å². The number of hydrogen-bond acceptors (Lipinski definition) is 2. The van der Waals surface area contributed by atoms with E-state index in [-0.39, 0.29) is 6.04 Å². The maximum absolute atomic E-state index is 11.6. The van der Waals surface area contributed by atoms with Gasteiger partial charge in [-0.25, -0.2) is 0 Å². The lowest BCUT2D eigenvalue weighted by atomic mass is 9.98. The maximum atomic E-state index is 11.6. The number of ketones is 1. The van der Waals surface area contributed by atoms with E-state index in [0.717, 1.165) is 32.4 Å². The second kappa shape index (κ2) is 6.69. The summed E-state index contributed by atoms with van der Waals surface area (Å²) in [6.07, 6.45) is 5.77. The number of piperidine rings is 1. The highest BCUT2D eigenvalue weighted by Gasteiger charge is 2.25. The van der Waals surface area contributed by atoms with Crippen molar-refractivity contribution in [2.24, 2.45) is 0 Å². The summed E-state index contributed by atoms with van der Waals surface area (Å²) in [7, 11) is 0. The largest absolute Gasteiger partial charge is 0.298 e. The number of carbonyl (C=O) groups excluding carboxylic acids is 1. The summed E-state index contributed by atoms with van der Waals surface area (Å²) in [5.41, 5.74) is 1.40.